The second-order valence-electron chi connectivity index (χ2n) is 5.47. The molecule has 0 unspecified atom stereocenters. The Labute approximate surface area is 141 Å². The fourth-order valence-electron chi connectivity index (χ4n) is 1.89. The molecule has 0 atom stereocenters. The van der Waals surface area contributed by atoms with Gasteiger partial charge in [0, 0.05) is 11.8 Å². The summed E-state index contributed by atoms with van der Waals surface area (Å²) in [4.78, 5) is 16.0. The third-order valence-corrected chi connectivity index (χ3v) is 3.89. The van der Waals surface area contributed by atoms with E-state index in [4.69, 9.17) is 9.47 Å². The van der Waals surface area contributed by atoms with Gasteiger partial charge in [0.25, 0.3) is 0 Å². The van der Waals surface area contributed by atoms with Crippen molar-refractivity contribution in [1.29, 1.82) is 0 Å². The number of benzene rings is 1. The van der Waals surface area contributed by atoms with Crippen LogP contribution >= 0.6 is 11.8 Å². The summed E-state index contributed by atoms with van der Waals surface area (Å²) in [6, 6.07) is 5.60. The number of methoxy groups -OCH3 is 1. The molecule has 1 N–H and O–H groups in total. The molecule has 0 aliphatic carbocycles. The number of amidine groups is 1. The number of hydrogen-bond donors (Lipinski definition) is 1. The Morgan fingerprint density at radius 3 is 2.91 bits per heavy atom. The van der Waals surface area contributed by atoms with Gasteiger partial charge in [-0.1, -0.05) is 31.7 Å². The highest BCUT2D eigenvalue weighted by atomic mass is 32.2. The minimum Gasteiger partial charge on any atom is -0.493 e. The van der Waals surface area contributed by atoms with Crippen LogP contribution in [0, 0.1) is 5.92 Å². The number of amides is 1. The van der Waals surface area contributed by atoms with Crippen LogP contribution in [0.5, 0.6) is 11.5 Å². The van der Waals surface area contributed by atoms with Crippen molar-refractivity contribution >= 4 is 28.9 Å². The Balaban J connectivity index is 1.99. The molecular weight excluding hydrogens is 312 g/mol. The number of carbonyl (C=O) groups is 1. The lowest BCUT2D eigenvalue weighted by molar-refractivity contribution is -0.115. The van der Waals surface area contributed by atoms with Gasteiger partial charge in [0.1, 0.15) is 0 Å². The van der Waals surface area contributed by atoms with Crippen molar-refractivity contribution < 1.29 is 14.3 Å². The molecule has 1 heterocycles. The van der Waals surface area contributed by atoms with Crippen LogP contribution in [0.3, 0.4) is 0 Å². The monoisotopic (exact) mass is 334 g/mol. The topological polar surface area (TPSA) is 59.9 Å². The maximum atomic E-state index is 11.8. The van der Waals surface area contributed by atoms with Crippen LogP contribution in [-0.2, 0) is 4.79 Å². The molecule has 1 aliphatic heterocycles. The van der Waals surface area contributed by atoms with Crippen molar-refractivity contribution in [2.24, 2.45) is 10.9 Å². The average Bonchev–Trinajstić information content (AvgIpc) is 3.04. The number of ether oxygens (including phenoxy) is 2. The van der Waals surface area contributed by atoms with Crippen molar-refractivity contribution in [3.05, 3.63) is 29.8 Å². The zero-order valence-electron chi connectivity index (χ0n) is 13.7. The molecule has 1 amide bonds. The Hall–Kier alpha value is -1.95. The fourth-order valence-corrected chi connectivity index (χ4v) is 2.62. The molecule has 0 fully saturated rings. The fraction of sp³-hybridized carbons (Fsp3) is 0.412. The molecule has 0 bridgehead atoms. The first-order chi connectivity index (χ1) is 11.1. The van der Waals surface area contributed by atoms with E-state index in [1.807, 2.05) is 18.2 Å². The van der Waals surface area contributed by atoms with Gasteiger partial charge in [-0.05, 0) is 29.7 Å². The van der Waals surface area contributed by atoms with Crippen molar-refractivity contribution in [1.82, 2.24) is 5.32 Å². The largest absolute Gasteiger partial charge is 0.493 e. The SMILES string of the molecule is COc1cc(C=CC(=O)NC2=NCCS2)ccc1OCC(C)C. The van der Waals surface area contributed by atoms with Crippen LogP contribution in [0.15, 0.2) is 29.3 Å². The molecule has 0 saturated carbocycles. The van der Waals surface area contributed by atoms with Gasteiger partial charge in [-0.15, -0.1) is 0 Å². The second kappa shape index (κ2) is 8.62. The summed E-state index contributed by atoms with van der Waals surface area (Å²) in [6.45, 7) is 5.58. The summed E-state index contributed by atoms with van der Waals surface area (Å²) in [5.74, 6) is 2.55. The Bertz CT molecular complexity index is 612. The standard InChI is InChI=1S/C17H22N2O3S/c1-12(2)11-22-14-6-4-13(10-15(14)21-3)5-7-16(20)19-17-18-8-9-23-17/h4-7,10,12H,8-9,11H2,1-3H3,(H,18,19,20). The van der Waals surface area contributed by atoms with E-state index >= 15 is 0 Å². The minimum atomic E-state index is -0.183. The van der Waals surface area contributed by atoms with Crippen LogP contribution in [-0.4, -0.2) is 37.1 Å². The van der Waals surface area contributed by atoms with E-state index in [9.17, 15) is 4.79 Å². The highest BCUT2D eigenvalue weighted by molar-refractivity contribution is 8.14. The summed E-state index contributed by atoms with van der Waals surface area (Å²) < 4.78 is 11.1. The van der Waals surface area contributed by atoms with Gasteiger partial charge in [0.2, 0.25) is 5.91 Å². The molecule has 0 radical (unpaired) electrons. The lowest BCUT2D eigenvalue weighted by Gasteiger charge is -2.12. The Morgan fingerprint density at radius 2 is 2.26 bits per heavy atom. The number of aliphatic imine (C=N–C) groups is 1. The summed E-state index contributed by atoms with van der Waals surface area (Å²) in [7, 11) is 1.60. The number of carbonyl (C=O) groups excluding carboxylic acids is 1. The van der Waals surface area contributed by atoms with E-state index in [1.54, 1.807) is 24.9 Å². The van der Waals surface area contributed by atoms with Crippen molar-refractivity contribution in [3.8, 4) is 11.5 Å². The average molecular weight is 334 g/mol. The van der Waals surface area contributed by atoms with E-state index in [2.05, 4.69) is 24.2 Å². The van der Waals surface area contributed by atoms with Gasteiger partial charge in [-0.25, -0.2) is 0 Å². The molecular formula is C17H22N2O3S. The molecule has 1 aromatic rings. The van der Waals surface area contributed by atoms with E-state index < -0.39 is 0 Å². The molecule has 0 aromatic heterocycles. The summed E-state index contributed by atoms with van der Waals surface area (Å²) >= 11 is 1.56. The van der Waals surface area contributed by atoms with Gasteiger partial charge in [-0.2, -0.15) is 0 Å². The van der Waals surface area contributed by atoms with Gasteiger partial charge in [0.05, 0.1) is 20.3 Å². The lowest BCUT2D eigenvalue weighted by atomic mass is 10.2. The highest BCUT2D eigenvalue weighted by Crippen LogP contribution is 2.28. The maximum absolute atomic E-state index is 11.8. The zero-order chi connectivity index (χ0) is 16.7. The maximum Gasteiger partial charge on any atom is 0.249 e. The molecule has 1 aliphatic rings. The highest BCUT2D eigenvalue weighted by Gasteiger charge is 2.09. The van der Waals surface area contributed by atoms with Crippen molar-refractivity contribution in [2.45, 2.75) is 13.8 Å². The third kappa shape index (κ3) is 5.63. The normalized spacial score (nSPS) is 14.2. The second-order valence-corrected chi connectivity index (χ2v) is 6.56. The van der Waals surface area contributed by atoms with E-state index in [-0.39, 0.29) is 5.91 Å². The summed E-state index contributed by atoms with van der Waals surface area (Å²) in [6.07, 6.45) is 3.23. The number of rotatable bonds is 6. The third-order valence-electron chi connectivity index (χ3n) is 3.00. The van der Waals surface area contributed by atoms with Crippen LogP contribution in [0.25, 0.3) is 6.08 Å². The van der Waals surface area contributed by atoms with Gasteiger partial charge < -0.3 is 14.8 Å². The van der Waals surface area contributed by atoms with Gasteiger partial charge >= 0.3 is 0 Å². The first kappa shape index (κ1) is 17.4. The minimum absolute atomic E-state index is 0.183. The molecule has 23 heavy (non-hydrogen) atoms. The summed E-state index contributed by atoms with van der Waals surface area (Å²) in [5.41, 5.74) is 0.870. The number of nitrogens with one attached hydrogen (secondary N) is 1. The molecule has 2 rings (SSSR count). The number of thioether (sulfide) groups is 1. The van der Waals surface area contributed by atoms with Crippen LogP contribution in [0.2, 0.25) is 0 Å². The molecule has 5 nitrogen and oxygen atoms in total. The number of hydrogen-bond acceptors (Lipinski definition) is 5. The van der Waals surface area contributed by atoms with E-state index in [0.29, 0.717) is 29.2 Å². The predicted molar refractivity (Wildman–Crippen MR) is 95.3 cm³/mol. The molecule has 124 valence electrons. The van der Waals surface area contributed by atoms with Crippen molar-refractivity contribution in [3.63, 3.8) is 0 Å². The number of nitrogens with zero attached hydrogens (tertiary/aromatic N) is 1. The van der Waals surface area contributed by atoms with Gasteiger partial charge in [-0.3, -0.25) is 9.79 Å². The van der Waals surface area contributed by atoms with Crippen LogP contribution in [0.4, 0.5) is 0 Å². The van der Waals surface area contributed by atoms with Crippen LogP contribution in [0.1, 0.15) is 19.4 Å². The summed E-state index contributed by atoms with van der Waals surface area (Å²) in [5, 5.41) is 3.44. The molecule has 1 aromatic carbocycles. The lowest BCUT2D eigenvalue weighted by Crippen LogP contribution is -2.25. The zero-order valence-corrected chi connectivity index (χ0v) is 14.5. The first-order valence-electron chi connectivity index (χ1n) is 7.55. The Morgan fingerprint density at radius 1 is 1.43 bits per heavy atom. The van der Waals surface area contributed by atoms with Crippen molar-refractivity contribution in [2.75, 3.05) is 26.0 Å². The van der Waals surface area contributed by atoms with E-state index in [0.717, 1.165) is 17.9 Å². The quantitative estimate of drug-likeness (QED) is 0.813. The first-order valence-corrected chi connectivity index (χ1v) is 8.54. The van der Waals surface area contributed by atoms with Gasteiger partial charge in [0.15, 0.2) is 16.7 Å². The molecule has 0 spiro atoms. The smallest absolute Gasteiger partial charge is 0.249 e. The van der Waals surface area contributed by atoms with E-state index in [1.165, 1.54) is 6.08 Å². The molecule has 0 saturated heterocycles. The van der Waals surface area contributed by atoms with Crippen LogP contribution < -0.4 is 14.8 Å². The Kier molecular flexibility index (Phi) is 6.52. The predicted octanol–water partition coefficient (Wildman–Crippen LogP) is 2.96. The molecule has 6 heteroatoms.